The van der Waals surface area contributed by atoms with E-state index in [1.807, 2.05) is 54.6 Å². The molecule has 1 atom stereocenters. The summed E-state index contributed by atoms with van der Waals surface area (Å²) in [7, 11) is 0. The number of aliphatic hydroxyl groups is 1. The lowest BCUT2D eigenvalue weighted by atomic mass is 9.98. The van der Waals surface area contributed by atoms with Gasteiger partial charge in [-0.25, -0.2) is 9.59 Å². The Balaban J connectivity index is 1.05. The quantitative estimate of drug-likeness (QED) is 0.0583. The zero-order valence-corrected chi connectivity index (χ0v) is 27.3. The van der Waals surface area contributed by atoms with E-state index in [2.05, 4.69) is 26.2 Å². The number of carboxylic acid groups (broad SMARTS) is 1. The van der Waals surface area contributed by atoms with Crippen LogP contribution in [-0.2, 0) is 4.79 Å². The van der Waals surface area contributed by atoms with Gasteiger partial charge in [0.15, 0.2) is 0 Å². The smallest absolute Gasteiger partial charge is 0.412 e. The maximum Gasteiger partial charge on any atom is 0.412 e. The maximum atomic E-state index is 12.4. The molecule has 12 heteroatoms. The van der Waals surface area contributed by atoms with Gasteiger partial charge < -0.3 is 41.5 Å². The lowest BCUT2D eigenvalue weighted by Gasteiger charge is -2.38. The zero-order valence-electron chi connectivity index (χ0n) is 27.3. The highest BCUT2D eigenvalue weighted by Crippen LogP contribution is 2.34. The van der Waals surface area contributed by atoms with E-state index in [0.29, 0.717) is 43.8 Å². The third kappa shape index (κ3) is 11.0. The monoisotopic (exact) mass is 660 g/mol. The van der Waals surface area contributed by atoms with Crippen molar-refractivity contribution in [3.8, 4) is 16.9 Å². The first-order valence-electron chi connectivity index (χ1n) is 16.7. The molecule has 1 saturated heterocycles. The normalized spacial score (nSPS) is 14.2. The van der Waals surface area contributed by atoms with Crippen LogP contribution >= 0.6 is 0 Å². The number of phenolic OH excluding ortho intramolecular Hbond substituents is 1. The number of piperidine rings is 1. The highest BCUT2D eigenvalue weighted by molar-refractivity contribution is 5.93. The van der Waals surface area contributed by atoms with Crippen LogP contribution in [0, 0.1) is 0 Å². The van der Waals surface area contributed by atoms with Crippen LogP contribution < -0.4 is 26.2 Å². The van der Waals surface area contributed by atoms with E-state index in [0.717, 1.165) is 69.3 Å². The lowest BCUT2D eigenvalue weighted by Crippen LogP contribution is -2.48. The Morgan fingerprint density at radius 2 is 1.58 bits per heavy atom. The number of nitrogens with one attached hydrogen (secondary N) is 4. The highest BCUT2D eigenvalue weighted by Gasteiger charge is 2.30. The average Bonchev–Trinajstić information content (AvgIpc) is 3.10. The maximum absolute atomic E-state index is 12.4. The molecule has 0 saturated carbocycles. The Labute approximate surface area is 282 Å². The van der Waals surface area contributed by atoms with E-state index >= 15 is 0 Å². The molecule has 0 aromatic heterocycles. The molecule has 0 spiro atoms. The summed E-state index contributed by atoms with van der Waals surface area (Å²) in [5.74, 6) is -0.0609. The van der Waals surface area contributed by atoms with E-state index in [1.54, 1.807) is 12.1 Å². The molecule has 1 aliphatic heterocycles. The van der Waals surface area contributed by atoms with Gasteiger partial charge >= 0.3 is 12.1 Å². The summed E-state index contributed by atoms with van der Waals surface area (Å²) in [5, 5.41) is 41.7. The van der Waals surface area contributed by atoms with Gasteiger partial charge in [-0.3, -0.25) is 9.69 Å². The van der Waals surface area contributed by atoms with Gasteiger partial charge in [-0.2, -0.15) is 0 Å². The number of urea groups is 1. The van der Waals surface area contributed by atoms with E-state index in [-0.39, 0.29) is 23.5 Å². The first-order valence-corrected chi connectivity index (χ1v) is 16.7. The second kappa shape index (κ2) is 19.2. The number of anilines is 2. The molecule has 12 nitrogen and oxygen atoms in total. The molecule has 1 aliphatic rings. The first-order chi connectivity index (χ1) is 23.4. The molecule has 0 aliphatic carbocycles. The summed E-state index contributed by atoms with van der Waals surface area (Å²) >= 11 is 0. The van der Waals surface area contributed by atoms with Gasteiger partial charge in [-0.05, 0) is 74.5 Å². The number of hydrogen-bond donors (Lipinski definition) is 7. The number of para-hydroxylation sites is 1. The topological polar surface area (TPSA) is 166 Å². The van der Waals surface area contributed by atoms with Crippen molar-refractivity contribution < 1.29 is 29.7 Å². The molecular weight excluding hydrogens is 612 g/mol. The second-order valence-corrected chi connectivity index (χ2v) is 12.0. The van der Waals surface area contributed by atoms with Crippen molar-refractivity contribution in [2.45, 2.75) is 50.7 Å². The fourth-order valence-electron chi connectivity index (χ4n) is 6.02. The van der Waals surface area contributed by atoms with E-state index in [4.69, 9.17) is 0 Å². The van der Waals surface area contributed by atoms with Crippen LogP contribution in [0.4, 0.5) is 21.0 Å². The van der Waals surface area contributed by atoms with Crippen LogP contribution in [0.3, 0.4) is 0 Å². The highest BCUT2D eigenvalue weighted by atomic mass is 16.4. The number of aromatic hydroxyl groups is 1. The number of amides is 4. The van der Waals surface area contributed by atoms with Crippen LogP contribution in [0.25, 0.3) is 11.1 Å². The molecule has 48 heavy (non-hydrogen) atoms. The van der Waals surface area contributed by atoms with Crippen molar-refractivity contribution in [3.63, 3.8) is 0 Å². The fourth-order valence-corrected chi connectivity index (χ4v) is 6.02. The minimum Gasteiger partial charge on any atom is -0.506 e. The number of phenols is 1. The standard InChI is InChI=1S/C36H48N6O6/c43-26-40-31-24-28(14-15-33(31)44)34(45)25-37-18-7-2-8-19-38-35(46)39-20-9-21-41-22-16-29(17-23-41)42(36(47)48)32-13-6-5-12-30(32)27-10-3-1-4-11-27/h1,3-6,10-15,24,26,29,34,37,44-45H,2,7-9,16-23,25H2,(H,40,43)(H,47,48)(H2,38,39,46). The van der Waals surface area contributed by atoms with Gasteiger partial charge in [0.1, 0.15) is 5.75 Å². The molecule has 1 fully saturated rings. The number of nitrogens with zero attached hydrogens (tertiary/aromatic N) is 2. The van der Waals surface area contributed by atoms with Crippen molar-refractivity contribution in [1.29, 1.82) is 0 Å². The van der Waals surface area contributed by atoms with Gasteiger partial charge in [0.05, 0.1) is 17.5 Å². The van der Waals surface area contributed by atoms with Gasteiger partial charge in [-0.15, -0.1) is 0 Å². The number of unbranched alkanes of at least 4 members (excludes halogenated alkanes) is 2. The molecule has 0 bridgehead atoms. The average molecular weight is 661 g/mol. The van der Waals surface area contributed by atoms with Crippen LogP contribution in [-0.4, -0.2) is 90.6 Å². The molecule has 258 valence electrons. The Morgan fingerprint density at radius 3 is 2.31 bits per heavy atom. The molecule has 4 rings (SSSR count). The molecule has 3 aromatic carbocycles. The number of aliphatic hydroxyl groups excluding tert-OH is 1. The molecule has 0 radical (unpaired) electrons. The van der Waals surface area contributed by atoms with Gasteiger partial charge in [-0.1, -0.05) is 61.0 Å². The van der Waals surface area contributed by atoms with E-state index in [9.17, 15) is 29.7 Å². The first kappa shape index (κ1) is 36.2. The minimum atomic E-state index is -0.935. The summed E-state index contributed by atoms with van der Waals surface area (Å²) < 4.78 is 0. The van der Waals surface area contributed by atoms with Crippen LogP contribution in [0.2, 0.25) is 0 Å². The fraction of sp³-hybridized carbons (Fsp3) is 0.417. The van der Waals surface area contributed by atoms with Crippen LogP contribution in [0.5, 0.6) is 5.75 Å². The van der Waals surface area contributed by atoms with Gasteiger partial charge in [0.2, 0.25) is 6.41 Å². The van der Waals surface area contributed by atoms with Crippen molar-refractivity contribution in [2.75, 3.05) is 56.0 Å². The van der Waals surface area contributed by atoms with Crippen LogP contribution in [0.15, 0.2) is 72.8 Å². The third-order valence-electron chi connectivity index (χ3n) is 8.59. The Morgan fingerprint density at radius 1 is 0.896 bits per heavy atom. The summed E-state index contributed by atoms with van der Waals surface area (Å²) in [5.41, 5.74) is 3.46. The van der Waals surface area contributed by atoms with Gasteiger partial charge in [0.25, 0.3) is 0 Å². The summed E-state index contributed by atoms with van der Waals surface area (Å²) in [6.07, 6.45) is 3.73. The molecule has 4 amide bonds. The number of carbonyl (C=O) groups excluding carboxylic acids is 2. The number of carbonyl (C=O) groups is 3. The number of rotatable bonds is 18. The Bertz CT molecular complexity index is 1450. The Kier molecular flexibility index (Phi) is 14.5. The minimum absolute atomic E-state index is 0.0609. The Hall–Kier alpha value is -4.65. The SMILES string of the molecule is O=CNc1cc(C(O)CNCCCCCNC(=O)NCCCN2CCC(N(C(=O)O)c3ccccc3-c3ccccc3)CC2)ccc1O. The zero-order chi connectivity index (χ0) is 34.1. The summed E-state index contributed by atoms with van der Waals surface area (Å²) in [6, 6.07) is 21.9. The summed E-state index contributed by atoms with van der Waals surface area (Å²) in [4.78, 5) is 39.1. The van der Waals surface area contributed by atoms with E-state index in [1.165, 1.54) is 11.0 Å². The lowest BCUT2D eigenvalue weighted by molar-refractivity contribution is -0.105. The molecular formula is C36H48N6O6. The van der Waals surface area contributed by atoms with Crippen LogP contribution in [0.1, 0.15) is 50.2 Å². The van der Waals surface area contributed by atoms with Gasteiger partial charge in [0, 0.05) is 44.3 Å². The number of hydrogen-bond acceptors (Lipinski definition) is 7. The van der Waals surface area contributed by atoms with Crippen molar-refractivity contribution in [1.82, 2.24) is 20.9 Å². The third-order valence-corrected chi connectivity index (χ3v) is 8.59. The molecule has 1 heterocycles. The second-order valence-electron chi connectivity index (χ2n) is 12.0. The van der Waals surface area contributed by atoms with E-state index < -0.39 is 12.2 Å². The van der Waals surface area contributed by atoms with Crippen molar-refractivity contribution in [2.24, 2.45) is 0 Å². The predicted octanol–water partition coefficient (Wildman–Crippen LogP) is 4.76. The summed E-state index contributed by atoms with van der Waals surface area (Å²) in [6.45, 7) is 4.65. The molecule has 3 aromatic rings. The van der Waals surface area contributed by atoms with Crippen molar-refractivity contribution >= 4 is 29.9 Å². The predicted molar refractivity (Wildman–Crippen MR) is 187 cm³/mol. The number of likely N-dealkylation sites (tertiary alicyclic amines) is 1. The number of benzene rings is 3. The molecule has 1 unspecified atom stereocenters. The largest absolute Gasteiger partial charge is 0.506 e. The molecule has 7 N–H and O–H groups in total. The van der Waals surface area contributed by atoms with Crippen molar-refractivity contribution in [3.05, 3.63) is 78.4 Å².